The molecule has 2 heterocycles. The van der Waals surface area contributed by atoms with Crippen LogP contribution in [0.2, 0.25) is 0 Å². The molecule has 144 valence electrons. The van der Waals surface area contributed by atoms with Crippen LogP contribution in [0.3, 0.4) is 0 Å². The predicted molar refractivity (Wildman–Crippen MR) is 111 cm³/mol. The molecule has 1 aliphatic rings. The average molecular weight is 403 g/mol. The first-order chi connectivity index (χ1) is 14.1. The number of fused-ring (bicyclic) bond motifs is 2. The number of aromatic nitrogens is 1. The monoisotopic (exact) mass is 403 g/mol. The molecule has 1 amide bonds. The molecule has 0 saturated carbocycles. The number of para-hydroxylation sites is 1. The standard InChI is InChI=1S/C22H17N3O3S/c23-12-17-16-5-3-7-19(16)29-22(17)25-20(26)13-28-21(27)11-10-15-9-8-14-4-1-2-6-18(14)24-15/h1-2,4,6,8-11H,3,5,7,13H2,(H,25,26)/b11-10+. The molecular formula is C22H17N3O3S. The quantitative estimate of drug-likeness (QED) is 0.516. The van der Waals surface area contributed by atoms with Crippen LogP contribution in [-0.4, -0.2) is 23.5 Å². The van der Waals surface area contributed by atoms with Crippen LogP contribution in [-0.2, 0) is 27.2 Å². The molecule has 0 radical (unpaired) electrons. The van der Waals surface area contributed by atoms with Crippen LogP contribution in [0.5, 0.6) is 0 Å². The van der Waals surface area contributed by atoms with Crippen molar-refractivity contribution in [3.8, 4) is 6.07 Å². The molecule has 2 aromatic heterocycles. The SMILES string of the molecule is N#Cc1c(NC(=O)COC(=O)/C=C/c2ccc3ccccc3n2)sc2c1CCC2. The van der Waals surface area contributed by atoms with Crippen LogP contribution in [0.15, 0.2) is 42.5 Å². The third-order valence-electron chi connectivity index (χ3n) is 4.64. The average Bonchev–Trinajstić information content (AvgIpc) is 3.31. The highest BCUT2D eigenvalue weighted by Gasteiger charge is 2.23. The predicted octanol–water partition coefficient (Wildman–Crippen LogP) is 3.85. The first-order valence-corrected chi connectivity index (χ1v) is 10.0. The zero-order valence-corrected chi connectivity index (χ0v) is 16.3. The number of hydrogen-bond acceptors (Lipinski definition) is 6. The molecule has 0 fully saturated rings. The normalized spacial score (nSPS) is 12.7. The Morgan fingerprint density at radius 1 is 1.24 bits per heavy atom. The number of pyridine rings is 1. The summed E-state index contributed by atoms with van der Waals surface area (Å²) >= 11 is 1.43. The summed E-state index contributed by atoms with van der Waals surface area (Å²) < 4.78 is 4.99. The van der Waals surface area contributed by atoms with E-state index in [1.807, 2.05) is 30.3 Å². The van der Waals surface area contributed by atoms with Gasteiger partial charge >= 0.3 is 5.97 Å². The number of carbonyl (C=O) groups is 2. The molecule has 29 heavy (non-hydrogen) atoms. The first-order valence-electron chi connectivity index (χ1n) is 9.19. The van der Waals surface area contributed by atoms with Gasteiger partial charge < -0.3 is 10.1 Å². The maximum absolute atomic E-state index is 12.1. The van der Waals surface area contributed by atoms with Crippen molar-refractivity contribution in [2.75, 3.05) is 11.9 Å². The molecule has 1 N–H and O–H groups in total. The van der Waals surface area contributed by atoms with Gasteiger partial charge in [0.05, 0.1) is 16.8 Å². The van der Waals surface area contributed by atoms with Gasteiger partial charge in [0.1, 0.15) is 11.1 Å². The minimum absolute atomic E-state index is 0.415. The minimum atomic E-state index is -0.635. The fourth-order valence-electron chi connectivity index (χ4n) is 3.29. The number of rotatable bonds is 5. The molecule has 4 rings (SSSR count). The lowest BCUT2D eigenvalue weighted by Crippen LogP contribution is -2.20. The van der Waals surface area contributed by atoms with Crippen molar-refractivity contribution < 1.29 is 14.3 Å². The maximum atomic E-state index is 12.1. The topological polar surface area (TPSA) is 92.1 Å². The van der Waals surface area contributed by atoms with E-state index in [9.17, 15) is 14.9 Å². The second kappa shape index (κ2) is 8.25. The number of nitriles is 1. The van der Waals surface area contributed by atoms with Crippen LogP contribution >= 0.6 is 11.3 Å². The van der Waals surface area contributed by atoms with E-state index in [-0.39, 0.29) is 0 Å². The van der Waals surface area contributed by atoms with E-state index in [1.54, 1.807) is 12.1 Å². The Hall–Kier alpha value is -3.50. The van der Waals surface area contributed by atoms with E-state index in [0.717, 1.165) is 40.6 Å². The maximum Gasteiger partial charge on any atom is 0.331 e. The number of anilines is 1. The van der Waals surface area contributed by atoms with Crippen LogP contribution in [0, 0.1) is 11.3 Å². The Bertz CT molecular complexity index is 1170. The number of nitrogens with zero attached hydrogens (tertiary/aromatic N) is 2. The summed E-state index contributed by atoms with van der Waals surface area (Å²) in [5.74, 6) is -1.10. The molecular weight excluding hydrogens is 386 g/mol. The number of hydrogen-bond donors (Lipinski definition) is 1. The number of nitrogens with one attached hydrogen (secondary N) is 1. The third-order valence-corrected chi connectivity index (χ3v) is 5.85. The minimum Gasteiger partial charge on any atom is -0.452 e. The van der Waals surface area contributed by atoms with Crippen molar-refractivity contribution in [1.82, 2.24) is 4.98 Å². The zero-order valence-electron chi connectivity index (χ0n) is 15.5. The fraction of sp³-hybridized carbons (Fsp3) is 0.182. The summed E-state index contributed by atoms with van der Waals surface area (Å²) in [4.78, 5) is 29.6. The Morgan fingerprint density at radius 3 is 2.97 bits per heavy atom. The van der Waals surface area contributed by atoms with Crippen LogP contribution in [0.25, 0.3) is 17.0 Å². The Kier molecular flexibility index (Phi) is 5.36. The number of ether oxygens (including phenoxy) is 1. The van der Waals surface area contributed by atoms with E-state index >= 15 is 0 Å². The second-order valence-electron chi connectivity index (χ2n) is 6.59. The number of carbonyl (C=O) groups excluding carboxylic acids is 2. The summed E-state index contributed by atoms with van der Waals surface area (Å²) in [6.07, 6.45) is 5.63. The Labute approximate surface area is 171 Å². The molecule has 0 atom stereocenters. The van der Waals surface area contributed by atoms with Crippen molar-refractivity contribution in [2.24, 2.45) is 0 Å². The van der Waals surface area contributed by atoms with Crippen LogP contribution in [0.1, 0.15) is 28.1 Å². The van der Waals surface area contributed by atoms with Gasteiger partial charge in [-0.1, -0.05) is 24.3 Å². The van der Waals surface area contributed by atoms with Gasteiger partial charge in [-0.2, -0.15) is 5.26 Å². The molecule has 1 aromatic carbocycles. The number of amides is 1. The van der Waals surface area contributed by atoms with Gasteiger partial charge in [-0.15, -0.1) is 11.3 Å². The number of aryl methyl sites for hydroxylation is 1. The number of esters is 1. The van der Waals surface area contributed by atoms with Gasteiger partial charge in [-0.3, -0.25) is 4.79 Å². The van der Waals surface area contributed by atoms with Gasteiger partial charge in [0.2, 0.25) is 0 Å². The van der Waals surface area contributed by atoms with Crippen molar-refractivity contribution >= 4 is 45.2 Å². The van der Waals surface area contributed by atoms with E-state index in [2.05, 4.69) is 16.4 Å². The summed E-state index contributed by atoms with van der Waals surface area (Å²) in [7, 11) is 0. The highest BCUT2D eigenvalue weighted by Crippen LogP contribution is 2.38. The van der Waals surface area contributed by atoms with Crippen LogP contribution < -0.4 is 5.32 Å². The van der Waals surface area contributed by atoms with Crippen LogP contribution in [0.4, 0.5) is 5.00 Å². The lowest BCUT2D eigenvalue weighted by molar-refractivity contribution is -0.142. The largest absolute Gasteiger partial charge is 0.452 e. The van der Waals surface area contributed by atoms with Gasteiger partial charge in [0.15, 0.2) is 6.61 Å². The Morgan fingerprint density at radius 2 is 2.10 bits per heavy atom. The summed E-state index contributed by atoms with van der Waals surface area (Å²) in [6.45, 7) is -0.415. The van der Waals surface area contributed by atoms with Crippen molar-refractivity contribution in [1.29, 1.82) is 5.26 Å². The van der Waals surface area contributed by atoms with Crippen molar-refractivity contribution in [3.63, 3.8) is 0 Å². The fourth-order valence-corrected chi connectivity index (χ4v) is 4.54. The Balaban J connectivity index is 1.33. The van der Waals surface area contributed by atoms with Crippen molar-refractivity contribution in [2.45, 2.75) is 19.3 Å². The van der Waals surface area contributed by atoms with Crippen molar-refractivity contribution in [3.05, 3.63) is 64.2 Å². The number of thiophene rings is 1. The van der Waals surface area contributed by atoms with E-state index in [1.165, 1.54) is 17.4 Å². The molecule has 6 nitrogen and oxygen atoms in total. The molecule has 0 saturated heterocycles. The molecule has 1 aliphatic carbocycles. The molecule has 0 unspecified atom stereocenters. The molecule has 7 heteroatoms. The highest BCUT2D eigenvalue weighted by molar-refractivity contribution is 7.16. The summed E-state index contributed by atoms with van der Waals surface area (Å²) in [5.41, 5.74) is 3.02. The smallest absolute Gasteiger partial charge is 0.331 e. The van der Waals surface area contributed by atoms with E-state index in [4.69, 9.17) is 4.74 Å². The summed E-state index contributed by atoms with van der Waals surface area (Å²) in [5, 5.41) is 13.6. The second-order valence-corrected chi connectivity index (χ2v) is 7.70. The van der Waals surface area contributed by atoms with E-state index < -0.39 is 18.5 Å². The molecule has 0 spiro atoms. The van der Waals surface area contributed by atoms with Gasteiger partial charge in [-0.25, -0.2) is 9.78 Å². The van der Waals surface area contributed by atoms with Gasteiger partial charge in [0, 0.05) is 16.3 Å². The van der Waals surface area contributed by atoms with Gasteiger partial charge in [0.25, 0.3) is 5.91 Å². The lowest BCUT2D eigenvalue weighted by atomic mass is 10.1. The van der Waals surface area contributed by atoms with Gasteiger partial charge in [-0.05, 0) is 43.0 Å². The lowest BCUT2D eigenvalue weighted by Gasteiger charge is -2.04. The van der Waals surface area contributed by atoms with E-state index in [0.29, 0.717) is 16.3 Å². The third kappa shape index (κ3) is 4.18. The zero-order chi connectivity index (χ0) is 20.2. The molecule has 0 aliphatic heterocycles. The molecule has 0 bridgehead atoms. The first kappa shape index (κ1) is 18.8. The number of benzene rings is 1. The highest BCUT2D eigenvalue weighted by atomic mass is 32.1. The summed E-state index contributed by atoms with van der Waals surface area (Å²) in [6, 6.07) is 13.6. The molecule has 3 aromatic rings.